The molecule has 0 bridgehead atoms. The van der Waals surface area contributed by atoms with E-state index in [9.17, 15) is 4.79 Å². The van der Waals surface area contributed by atoms with Gasteiger partial charge in [-0.25, -0.2) is 4.79 Å². The first-order valence-electron chi connectivity index (χ1n) is 8.60. The van der Waals surface area contributed by atoms with Crippen molar-refractivity contribution in [2.45, 2.75) is 88.1 Å². The summed E-state index contributed by atoms with van der Waals surface area (Å²) in [5.41, 5.74) is -0.419. The van der Waals surface area contributed by atoms with E-state index in [1.807, 2.05) is 32.5 Å². The van der Waals surface area contributed by atoms with E-state index in [2.05, 4.69) is 16.9 Å². The van der Waals surface area contributed by atoms with E-state index in [0.29, 0.717) is 10.8 Å². The number of carbonyl (C=O) groups excluding carboxylic acids is 1. The third kappa shape index (κ3) is 5.34. The molecule has 22 heavy (non-hydrogen) atoms. The molecule has 0 aliphatic heterocycles. The number of nitrogens with one attached hydrogen (secondary N) is 2. The number of hydrogen-bond acceptors (Lipinski definition) is 4. The largest absolute Gasteiger partial charge is 0.444 e. The Morgan fingerprint density at radius 2 is 1.82 bits per heavy atom. The summed E-state index contributed by atoms with van der Waals surface area (Å²) in [6.07, 6.45) is 10.8. The zero-order valence-electron chi connectivity index (χ0n) is 14.5. The summed E-state index contributed by atoms with van der Waals surface area (Å²) in [6.45, 7) is 6.79. The fourth-order valence-electron chi connectivity index (χ4n) is 3.36. The summed E-state index contributed by atoms with van der Waals surface area (Å²) in [6, 6.07) is 0.815. The highest BCUT2D eigenvalue weighted by Gasteiger charge is 2.35. The lowest BCUT2D eigenvalue weighted by atomic mass is 9.84. The van der Waals surface area contributed by atoms with Gasteiger partial charge < -0.3 is 15.4 Å². The molecule has 2 N–H and O–H groups in total. The van der Waals surface area contributed by atoms with Gasteiger partial charge in [-0.3, -0.25) is 0 Å². The first-order chi connectivity index (χ1) is 10.3. The van der Waals surface area contributed by atoms with Crippen molar-refractivity contribution < 1.29 is 9.53 Å². The molecule has 4 nitrogen and oxygen atoms in total. The Bertz CT molecular complexity index is 369. The van der Waals surface area contributed by atoms with Crippen molar-refractivity contribution in [2.24, 2.45) is 0 Å². The molecule has 0 radical (unpaired) electrons. The maximum absolute atomic E-state index is 11.7. The molecule has 0 spiro atoms. The minimum absolute atomic E-state index is 0.268. The molecule has 2 saturated carbocycles. The van der Waals surface area contributed by atoms with Crippen LogP contribution in [0.1, 0.15) is 65.7 Å². The van der Waals surface area contributed by atoms with Crippen LogP contribution in [-0.4, -0.2) is 41.3 Å². The van der Waals surface area contributed by atoms with Gasteiger partial charge in [-0.05, 0) is 52.7 Å². The quantitative estimate of drug-likeness (QED) is 0.808. The van der Waals surface area contributed by atoms with Crippen LogP contribution in [0.3, 0.4) is 0 Å². The Kier molecular flexibility index (Phi) is 6.06. The topological polar surface area (TPSA) is 50.4 Å². The molecule has 5 heteroatoms. The number of amides is 1. The van der Waals surface area contributed by atoms with Gasteiger partial charge in [-0.1, -0.05) is 19.3 Å². The fourth-order valence-corrected chi connectivity index (χ4v) is 4.28. The molecule has 0 unspecified atom stereocenters. The number of ether oxygens (including phenoxy) is 1. The van der Waals surface area contributed by atoms with Crippen LogP contribution in [0.15, 0.2) is 0 Å². The van der Waals surface area contributed by atoms with E-state index >= 15 is 0 Å². The smallest absolute Gasteiger partial charge is 0.407 e. The van der Waals surface area contributed by atoms with Crippen LogP contribution in [0.25, 0.3) is 0 Å². The normalized spacial score (nSPS) is 27.8. The van der Waals surface area contributed by atoms with E-state index in [0.717, 1.165) is 19.4 Å². The lowest BCUT2D eigenvalue weighted by molar-refractivity contribution is 0.0464. The van der Waals surface area contributed by atoms with Crippen LogP contribution in [0.4, 0.5) is 4.79 Å². The first kappa shape index (κ1) is 17.9. The van der Waals surface area contributed by atoms with Gasteiger partial charge in [0.15, 0.2) is 0 Å². The Morgan fingerprint density at radius 3 is 2.36 bits per heavy atom. The molecule has 2 aliphatic carbocycles. The highest BCUT2D eigenvalue weighted by Crippen LogP contribution is 2.38. The number of rotatable bonds is 5. The van der Waals surface area contributed by atoms with Crippen molar-refractivity contribution in [3.05, 3.63) is 0 Å². The zero-order chi connectivity index (χ0) is 16.2. The second-order valence-corrected chi connectivity index (χ2v) is 9.11. The molecule has 2 aliphatic rings. The molecule has 0 heterocycles. The van der Waals surface area contributed by atoms with Crippen molar-refractivity contribution in [1.82, 2.24) is 10.6 Å². The van der Waals surface area contributed by atoms with Gasteiger partial charge in [0.25, 0.3) is 0 Å². The van der Waals surface area contributed by atoms with Gasteiger partial charge in [0.05, 0.1) is 0 Å². The van der Waals surface area contributed by atoms with Crippen LogP contribution in [0.5, 0.6) is 0 Å². The first-order valence-corrected chi connectivity index (χ1v) is 9.82. The summed E-state index contributed by atoms with van der Waals surface area (Å²) in [7, 11) is 0. The van der Waals surface area contributed by atoms with Crippen LogP contribution >= 0.6 is 11.8 Å². The van der Waals surface area contributed by atoms with Crippen molar-refractivity contribution in [3.63, 3.8) is 0 Å². The van der Waals surface area contributed by atoms with Crippen LogP contribution < -0.4 is 10.6 Å². The lowest BCUT2D eigenvalue weighted by Crippen LogP contribution is -2.55. The van der Waals surface area contributed by atoms with Gasteiger partial charge in [-0.2, -0.15) is 11.8 Å². The second-order valence-electron chi connectivity index (χ2n) is 7.84. The molecular weight excluding hydrogens is 296 g/mol. The SMILES string of the molecule is CSC1(CNC2CC(NC(=O)OC(C)(C)C)C2)CCCCC1. The van der Waals surface area contributed by atoms with Crippen LogP contribution in [0, 0.1) is 0 Å². The monoisotopic (exact) mass is 328 g/mol. The molecule has 1 amide bonds. The van der Waals surface area contributed by atoms with E-state index < -0.39 is 5.60 Å². The lowest BCUT2D eigenvalue weighted by Gasteiger charge is -2.41. The third-order valence-corrected chi connectivity index (χ3v) is 6.19. The molecule has 0 aromatic rings. The van der Waals surface area contributed by atoms with Crippen LogP contribution in [0.2, 0.25) is 0 Å². The van der Waals surface area contributed by atoms with Gasteiger partial charge in [0.2, 0.25) is 0 Å². The molecule has 0 atom stereocenters. The van der Waals surface area contributed by atoms with Crippen LogP contribution in [-0.2, 0) is 4.74 Å². The summed E-state index contributed by atoms with van der Waals surface area (Å²) in [5.74, 6) is 0. The number of alkyl carbamates (subject to hydrolysis) is 1. The molecular formula is C17H32N2O2S. The van der Waals surface area contributed by atoms with Gasteiger partial charge in [0.1, 0.15) is 5.60 Å². The summed E-state index contributed by atoms with van der Waals surface area (Å²) < 4.78 is 5.74. The molecule has 0 saturated heterocycles. The Morgan fingerprint density at radius 1 is 1.18 bits per heavy atom. The van der Waals surface area contributed by atoms with Crippen molar-refractivity contribution in [3.8, 4) is 0 Å². The average molecular weight is 329 g/mol. The number of carbonyl (C=O) groups is 1. The summed E-state index contributed by atoms with van der Waals surface area (Å²) >= 11 is 2.04. The highest BCUT2D eigenvalue weighted by atomic mass is 32.2. The maximum atomic E-state index is 11.7. The predicted molar refractivity (Wildman–Crippen MR) is 93.5 cm³/mol. The van der Waals surface area contributed by atoms with Gasteiger partial charge >= 0.3 is 6.09 Å². The van der Waals surface area contributed by atoms with E-state index in [1.165, 1.54) is 32.1 Å². The van der Waals surface area contributed by atoms with Gasteiger partial charge in [0, 0.05) is 23.4 Å². The van der Waals surface area contributed by atoms with E-state index in [4.69, 9.17) is 4.74 Å². The predicted octanol–water partition coefficient (Wildman–Crippen LogP) is 3.70. The minimum atomic E-state index is -0.419. The standard InChI is InChI=1S/C17H32N2O2S/c1-16(2,3)21-15(20)19-14-10-13(11-14)18-12-17(22-4)8-6-5-7-9-17/h13-14,18H,5-12H2,1-4H3,(H,19,20). The van der Waals surface area contributed by atoms with Crippen molar-refractivity contribution in [1.29, 1.82) is 0 Å². The Hall–Kier alpha value is -0.420. The molecule has 128 valence electrons. The van der Waals surface area contributed by atoms with Gasteiger partial charge in [-0.15, -0.1) is 0 Å². The van der Waals surface area contributed by atoms with E-state index in [1.54, 1.807) is 0 Å². The summed E-state index contributed by atoms with van der Waals surface area (Å²) in [5, 5.41) is 6.68. The zero-order valence-corrected chi connectivity index (χ0v) is 15.4. The second kappa shape index (κ2) is 7.43. The molecule has 2 rings (SSSR count). The minimum Gasteiger partial charge on any atom is -0.444 e. The van der Waals surface area contributed by atoms with E-state index in [-0.39, 0.29) is 12.1 Å². The fraction of sp³-hybridized carbons (Fsp3) is 0.941. The molecule has 0 aromatic heterocycles. The average Bonchev–Trinajstić information content (AvgIpc) is 2.40. The third-order valence-electron chi connectivity index (χ3n) is 4.77. The molecule has 2 fully saturated rings. The van der Waals surface area contributed by atoms with Crippen molar-refractivity contribution >= 4 is 17.9 Å². The molecule has 0 aromatic carbocycles. The Balaban J connectivity index is 1.64. The maximum Gasteiger partial charge on any atom is 0.407 e. The van der Waals surface area contributed by atoms with Crippen molar-refractivity contribution in [2.75, 3.05) is 12.8 Å². The summed E-state index contributed by atoms with van der Waals surface area (Å²) in [4.78, 5) is 11.7. The number of hydrogen-bond donors (Lipinski definition) is 2. The number of thioether (sulfide) groups is 1. The highest BCUT2D eigenvalue weighted by molar-refractivity contribution is 8.00. The Labute approximate surface area is 139 Å².